The van der Waals surface area contributed by atoms with Crippen molar-refractivity contribution >= 4 is 23.7 Å². The van der Waals surface area contributed by atoms with E-state index in [1.165, 1.54) is 0 Å². The van der Waals surface area contributed by atoms with Crippen LogP contribution < -0.4 is 15.8 Å². The maximum absolute atomic E-state index is 5.59. The van der Waals surface area contributed by atoms with E-state index in [1.54, 1.807) is 11.8 Å². The first-order valence-electron chi connectivity index (χ1n) is 5.46. The summed E-state index contributed by atoms with van der Waals surface area (Å²) in [5.41, 5.74) is 5.59. The third-order valence-electron chi connectivity index (χ3n) is 1.92. The van der Waals surface area contributed by atoms with E-state index in [1.807, 2.05) is 13.8 Å². The fourth-order valence-electron chi connectivity index (χ4n) is 1.03. The zero-order valence-electron chi connectivity index (χ0n) is 10.6. The van der Waals surface area contributed by atoms with Gasteiger partial charge in [-0.2, -0.15) is 26.7 Å². The first kappa shape index (κ1) is 13.8. The molecule has 7 heteroatoms. The predicted octanol–water partition coefficient (Wildman–Crippen LogP) is 1.40. The highest BCUT2D eigenvalue weighted by molar-refractivity contribution is 7.99. The van der Waals surface area contributed by atoms with Crippen molar-refractivity contribution in [3.05, 3.63) is 0 Å². The lowest BCUT2D eigenvalue weighted by Crippen LogP contribution is -2.17. The molecule has 1 rings (SSSR count). The number of hydrogen-bond acceptors (Lipinski definition) is 7. The Morgan fingerprint density at radius 1 is 1.29 bits per heavy atom. The van der Waals surface area contributed by atoms with Crippen molar-refractivity contribution in [1.82, 2.24) is 15.0 Å². The number of aromatic nitrogens is 3. The van der Waals surface area contributed by atoms with E-state index in [9.17, 15) is 0 Å². The Hall–Kier alpha value is -1.24. The number of thioether (sulfide) groups is 1. The average molecular weight is 257 g/mol. The van der Waals surface area contributed by atoms with Crippen LogP contribution in [0, 0.1) is 0 Å². The highest BCUT2D eigenvalue weighted by atomic mass is 32.2. The molecular weight excluding hydrogens is 238 g/mol. The topological polar surface area (TPSA) is 86.0 Å². The van der Waals surface area contributed by atoms with Crippen LogP contribution in [0.2, 0.25) is 0 Å². The van der Waals surface area contributed by atoms with Gasteiger partial charge in [-0.15, -0.1) is 0 Å². The Kier molecular flexibility index (Phi) is 5.27. The first-order valence-corrected chi connectivity index (χ1v) is 6.75. The summed E-state index contributed by atoms with van der Waals surface area (Å²) in [7, 11) is 0. The quantitative estimate of drug-likeness (QED) is 0.796. The van der Waals surface area contributed by atoms with Crippen molar-refractivity contribution < 1.29 is 4.74 Å². The number of hydrogen-bond donors (Lipinski definition) is 2. The highest BCUT2D eigenvalue weighted by Crippen LogP contribution is 2.11. The van der Waals surface area contributed by atoms with Gasteiger partial charge in [0.15, 0.2) is 0 Å². The molecule has 0 aliphatic heterocycles. The van der Waals surface area contributed by atoms with Gasteiger partial charge in [0.05, 0.1) is 6.10 Å². The lowest BCUT2D eigenvalue weighted by atomic mass is 10.5. The second kappa shape index (κ2) is 6.48. The van der Waals surface area contributed by atoms with Gasteiger partial charge >= 0.3 is 6.01 Å². The van der Waals surface area contributed by atoms with E-state index >= 15 is 0 Å². The summed E-state index contributed by atoms with van der Waals surface area (Å²) in [5, 5.41) is 3.58. The standard InChI is InChI=1S/C10H19N5OS/c1-6(2)16-10-14-8(11)13-9(15-10)12-5-7(3)17-4/h6-7H,5H2,1-4H3,(H3,11,12,13,14,15). The van der Waals surface area contributed by atoms with Gasteiger partial charge in [-0.1, -0.05) is 6.92 Å². The second-order valence-corrected chi connectivity index (χ2v) is 5.17. The van der Waals surface area contributed by atoms with Crippen LogP contribution in [0.4, 0.5) is 11.9 Å². The summed E-state index contributed by atoms with van der Waals surface area (Å²) < 4.78 is 5.38. The number of nitrogens with one attached hydrogen (secondary N) is 1. The molecular formula is C10H19N5OS. The van der Waals surface area contributed by atoms with E-state index in [0.717, 1.165) is 6.54 Å². The predicted molar refractivity (Wildman–Crippen MR) is 71.5 cm³/mol. The van der Waals surface area contributed by atoms with Gasteiger partial charge in [-0.05, 0) is 20.1 Å². The van der Waals surface area contributed by atoms with Gasteiger partial charge < -0.3 is 15.8 Å². The molecule has 0 bridgehead atoms. The van der Waals surface area contributed by atoms with Crippen LogP contribution in [0.5, 0.6) is 6.01 Å². The lowest BCUT2D eigenvalue weighted by Gasteiger charge is -2.12. The molecule has 6 nitrogen and oxygen atoms in total. The smallest absolute Gasteiger partial charge is 0.323 e. The molecule has 96 valence electrons. The highest BCUT2D eigenvalue weighted by Gasteiger charge is 2.07. The molecule has 1 heterocycles. The van der Waals surface area contributed by atoms with Gasteiger partial charge in [0.25, 0.3) is 0 Å². The first-order chi connectivity index (χ1) is 8.01. The van der Waals surface area contributed by atoms with E-state index in [4.69, 9.17) is 10.5 Å². The molecule has 3 N–H and O–H groups in total. The number of nitrogens with two attached hydrogens (primary N) is 1. The van der Waals surface area contributed by atoms with E-state index in [0.29, 0.717) is 11.2 Å². The van der Waals surface area contributed by atoms with Crippen molar-refractivity contribution in [3.63, 3.8) is 0 Å². The van der Waals surface area contributed by atoms with E-state index in [-0.39, 0.29) is 18.1 Å². The molecule has 0 aromatic carbocycles. The molecule has 0 saturated carbocycles. The summed E-state index contributed by atoms with van der Waals surface area (Å²) >= 11 is 1.77. The molecule has 0 aliphatic carbocycles. The van der Waals surface area contributed by atoms with Gasteiger partial charge in [0, 0.05) is 11.8 Å². The Bertz CT molecular complexity index is 361. The molecule has 0 amide bonds. The van der Waals surface area contributed by atoms with Gasteiger partial charge in [-0.25, -0.2) is 0 Å². The Balaban J connectivity index is 2.68. The Labute approximate surface area is 106 Å². The van der Waals surface area contributed by atoms with Crippen molar-refractivity contribution in [2.75, 3.05) is 23.9 Å². The van der Waals surface area contributed by atoms with E-state index in [2.05, 4.69) is 33.4 Å². The molecule has 1 aromatic rings. The minimum atomic E-state index is 0.00905. The molecule has 0 aliphatic rings. The van der Waals surface area contributed by atoms with Crippen molar-refractivity contribution in [2.24, 2.45) is 0 Å². The zero-order chi connectivity index (χ0) is 12.8. The zero-order valence-corrected chi connectivity index (χ0v) is 11.4. The van der Waals surface area contributed by atoms with Gasteiger partial charge in [0.1, 0.15) is 0 Å². The minimum Gasteiger partial charge on any atom is -0.461 e. The fourth-order valence-corrected chi connectivity index (χ4v) is 1.28. The van der Waals surface area contributed by atoms with Crippen molar-refractivity contribution in [3.8, 4) is 6.01 Å². The van der Waals surface area contributed by atoms with Crippen LogP contribution in [-0.4, -0.2) is 39.1 Å². The van der Waals surface area contributed by atoms with Crippen LogP contribution in [0.15, 0.2) is 0 Å². The number of anilines is 2. The second-order valence-electron chi connectivity index (χ2n) is 3.89. The number of rotatable bonds is 6. The van der Waals surface area contributed by atoms with Gasteiger partial charge in [0.2, 0.25) is 11.9 Å². The lowest BCUT2D eigenvalue weighted by molar-refractivity contribution is 0.222. The molecule has 0 radical (unpaired) electrons. The SMILES string of the molecule is CSC(C)CNc1nc(N)nc(OC(C)C)n1. The van der Waals surface area contributed by atoms with E-state index < -0.39 is 0 Å². The largest absolute Gasteiger partial charge is 0.461 e. The fraction of sp³-hybridized carbons (Fsp3) is 0.700. The molecule has 1 atom stereocenters. The summed E-state index contributed by atoms with van der Waals surface area (Å²) in [4.78, 5) is 12.0. The van der Waals surface area contributed by atoms with Crippen LogP contribution >= 0.6 is 11.8 Å². The van der Waals surface area contributed by atoms with Crippen LogP contribution in [0.1, 0.15) is 20.8 Å². The third kappa shape index (κ3) is 5.08. The molecule has 17 heavy (non-hydrogen) atoms. The molecule has 0 fully saturated rings. The monoisotopic (exact) mass is 257 g/mol. The number of ether oxygens (including phenoxy) is 1. The number of nitrogens with zero attached hydrogens (tertiary/aromatic N) is 3. The maximum atomic E-state index is 5.59. The minimum absolute atomic E-state index is 0.00905. The third-order valence-corrected chi connectivity index (χ3v) is 2.89. The summed E-state index contributed by atoms with van der Waals surface area (Å²) in [6.07, 6.45) is 2.07. The molecule has 0 saturated heterocycles. The normalized spacial score (nSPS) is 12.5. The Morgan fingerprint density at radius 2 is 2.00 bits per heavy atom. The summed E-state index contributed by atoms with van der Waals surface area (Å²) in [5.74, 6) is 0.615. The van der Waals surface area contributed by atoms with Crippen molar-refractivity contribution in [1.29, 1.82) is 0 Å². The summed E-state index contributed by atoms with van der Waals surface area (Å²) in [6, 6.07) is 0.256. The number of nitrogen functional groups attached to an aromatic ring is 1. The maximum Gasteiger partial charge on any atom is 0.323 e. The van der Waals surface area contributed by atoms with Crippen LogP contribution in [-0.2, 0) is 0 Å². The molecule has 0 spiro atoms. The average Bonchev–Trinajstić information content (AvgIpc) is 2.24. The van der Waals surface area contributed by atoms with Crippen molar-refractivity contribution in [2.45, 2.75) is 32.1 Å². The molecule has 1 aromatic heterocycles. The van der Waals surface area contributed by atoms with Crippen LogP contribution in [0.25, 0.3) is 0 Å². The Morgan fingerprint density at radius 3 is 2.59 bits per heavy atom. The van der Waals surface area contributed by atoms with Crippen LogP contribution in [0.3, 0.4) is 0 Å². The summed E-state index contributed by atoms with van der Waals surface area (Å²) in [6.45, 7) is 6.70. The van der Waals surface area contributed by atoms with Gasteiger partial charge in [-0.3, -0.25) is 0 Å². The molecule has 1 unspecified atom stereocenters.